The molecule has 2 heterocycles. The molecule has 20 heavy (non-hydrogen) atoms. The molecule has 0 spiro atoms. The summed E-state index contributed by atoms with van der Waals surface area (Å²) in [5.41, 5.74) is 3.21. The molecular weight excluding hydrogens is 252 g/mol. The zero-order valence-corrected chi connectivity index (χ0v) is 10.8. The van der Waals surface area contributed by atoms with Crippen molar-refractivity contribution in [1.29, 1.82) is 0 Å². The lowest BCUT2D eigenvalue weighted by molar-refractivity contribution is 0.460. The third-order valence-corrected chi connectivity index (χ3v) is 3.23. The van der Waals surface area contributed by atoms with Crippen molar-refractivity contribution in [2.45, 2.75) is 6.92 Å². The number of allylic oxidation sites excluding steroid dienone is 1. The van der Waals surface area contributed by atoms with E-state index in [4.69, 9.17) is 9.15 Å². The zero-order valence-electron chi connectivity index (χ0n) is 10.8. The molecule has 4 heteroatoms. The van der Waals surface area contributed by atoms with Gasteiger partial charge in [0.05, 0.1) is 0 Å². The lowest BCUT2D eigenvalue weighted by Crippen LogP contribution is -1.91. The third kappa shape index (κ3) is 1.66. The van der Waals surface area contributed by atoms with Crippen LogP contribution in [0.4, 0.5) is 5.69 Å². The standard InChI is InChI=1S/C16H11N2O2/c1-10(15-17-11-6-2-4-8-13(11)19-15)16-18-12-7-3-5-9-14(12)20-16/h2-9H,1H3/q-1/b15-10+. The Morgan fingerprint density at radius 3 is 2.70 bits per heavy atom. The fourth-order valence-corrected chi connectivity index (χ4v) is 2.16. The van der Waals surface area contributed by atoms with E-state index in [0.717, 1.165) is 28.1 Å². The third-order valence-electron chi connectivity index (χ3n) is 3.23. The summed E-state index contributed by atoms with van der Waals surface area (Å²) in [6.45, 7) is 1.90. The van der Waals surface area contributed by atoms with Gasteiger partial charge in [-0.3, -0.25) is 0 Å². The van der Waals surface area contributed by atoms with Gasteiger partial charge in [-0.25, -0.2) is 4.98 Å². The van der Waals surface area contributed by atoms with Crippen molar-refractivity contribution in [3.05, 3.63) is 65.6 Å². The van der Waals surface area contributed by atoms with Gasteiger partial charge >= 0.3 is 0 Å². The van der Waals surface area contributed by atoms with Crippen molar-refractivity contribution in [2.24, 2.45) is 0 Å². The van der Waals surface area contributed by atoms with Crippen LogP contribution in [-0.2, 0) is 0 Å². The normalized spacial score (nSPS) is 15.7. The van der Waals surface area contributed by atoms with Crippen molar-refractivity contribution in [3.63, 3.8) is 0 Å². The number of fused-ring (bicyclic) bond motifs is 2. The monoisotopic (exact) mass is 263 g/mol. The summed E-state index contributed by atoms with van der Waals surface area (Å²) in [6.07, 6.45) is 0. The molecule has 98 valence electrons. The molecule has 0 aliphatic carbocycles. The number of oxazole rings is 1. The van der Waals surface area contributed by atoms with Gasteiger partial charge in [0, 0.05) is 11.5 Å². The Morgan fingerprint density at radius 1 is 1.05 bits per heavy atom. The Balaban J connectivity index is 1.77. The second-order valence-corrected chi connectivity index (χ2v) is 4.60. The molecule has 0 unspecified atom stereocenters. The summed E-state index contributed by atoms with van der Waals surface area (Å²) in [4.78, 5) is 4.46. The van der Waals surface area contributed by atoms with Gasteiger partial charge in [-0.1, -0.05) is 36.0 Å². The average molecular weight is 263 g/mol. The average Bonchev–Trinajstić information content (AvgIpc) is 3.10. The number of para-hydroxylation sites is 4. The van der Waals surface area contributed by atoms with E-state index in [-0.39, 0.29) is 0 Å². The topological polar surface area (TPSA) is 49.4 Å². The fourth-order valence-electron chi connectivity index (χ4n) is 2.16. The predicted molar refractivity (Wildman–Crippen MR) is 76.7 cm³/mol. The van der Waals surface area contributed by atoms with Crippen LogP contribution in [0.3, 0.4) is 0 Å². The molecule has 0 N–H and O–H groups in total. The molecule has 0 saturated carbocycles. The van der Waals surface area contributed by atoms with E-state index in [9.17, 15) is 0 Å². The minimum Gasteiger partial charge on any atom is -0.624 e. The Hall–Kier alpha value is -2.75. The highest BCUT2D eigenvalue weighted by atomic mass is 16.5. The van der Waals surface area contributed by atoms with E-state index in [1.807, 2.05) is 55.5 Å². The van der Waals surface area contributed by atoms with Gasteiger partial charge in [-0.05, 0) is 25.1 Å². The maximum atomic E-state index is 5.73. The van der Waals surface area contributed by atoms with Gasteiger partial charge < -0.3 is 14.5 Å². The van der Waals surface area contributed by atoms with Crippen LogP contribution in [0.25, 0.3) is 22.0 Å². The minimum atomic E-state index is 0.540. The second kappa shape index (κ2) is 4.13. The van der Waals surface area contributed by atoms with Crippen molar-refractivity contribution in [2.75, 3.05) is 0 Å². The summed E-state index contributed by atoms with van der Waals surface area (Å²) in [5, 5.41) is 4.46. The molecule has 0 saturated heterocycles. The lowest BCUT2D eigenvalue weighted by atomic mass is 10.3. The van der Waals surface area contributed by atoms with Crippen LogP contribution in [0.2, 0.25) is 0 Å². The number of hydrogen-bond acceptors (Lipinski definition) is 3. The first-order valence-corrected chi connectivity index (χ1v) is 6.37. The van der Waals surface area contributed by atoms with Crippen molar-refractivity contribution < 1.29 is 9.15 Å². The van der Waals surface area contributed by atoms with Crippen molar-refractivity contribution in [1.82, 2.24) is 4.98 Å². The molecule has 4 nitrogen and oxygen atoms in total. The summed E-state index contributed by atoms with van der Waals surface area (Å²) in [7, 11) is 0. The predicted octanol–water partition coefficient (Wildman–Crippen LogP) is 4.61. The molecule has 0 atom stereocenters. The van der Waals surface area contributed by atoms with Crippen LogP contribution in [0.1, 0.15) is 12.8 Å². The van der Waals surface area contributed by atoms with Crippen molar-refractivity contribution in [3.8, 4) is 5.75 Å². The van der Waals surface area contributed by atoms with E-state index < -0.39 is 0 Å². The van der Waals surface area contributed by atoms with Gasteiger partial charge in [0.15, 0.2) is 5.58 Å². The lowest BCUT2D eigenvalue weighted by Gasteiger charge is -2.14. The first kappa shape index (κ1) is 11.1. The van der Waals surface area contributed by atoms with Crippen LogP contribution in [-0.4, -0.2) is 4.98 Å². The van der Waals surface area contributed by atoms with Crippen molar-refractivity contribution >= 4 is 22.4 Å². The summed E-state index contributed by atoms with van der Waals surface area (Å²) >= 11 is 0. The number of nitrogens with zero attached hydrogens (tertiary/aromatic N) is 2. The zero-order chi connectivity index (χ0) is 13.5. The summed E-state index contributed by atoms with van der Waals surface area (Å²) in [6, 6.07) is 15.3. The molecule has 0 fully saturated rings. The molecule has 3 aromatic rings. The number of ether oxygens (including phenoxy) is 1. The molecule has 4 rings (SSSR count). The largest absolute Gasteiger partial charge is 0.624 e. The van der Waals surface area contributed by atoms with Gasteiger partial charge in [0.1, 0.15) is 11.3 Å². The van der Waals surface area contributed by atoms with E-state index in [0.29, 0.717) is 11.8 Å². The van der Waals surface area contributed by atoms with Crippen LogP contribution >= 0.6 is 0 Å². The molecule has 1 aromatic heterocycles. The molecule has 0 amide bonds. The highest BCUT2D eigenvalue weighted by Crippen LogP contribution is 2.44. The SMILES string of the molecule is C/C(=C1/[N-]c2ccccc2O1)c1nc2ccccc2o1. The van der Waals surface area contributed by atoms with E-state index in [1.165, 1.54) is 0 Å². The second-order valence-electron chi connectivity index (χ2n) is 4.60. The Kier molecular flexibility index (Phi) is 2.29. The maximum absolute atomic E-state index is 5.73. The molecule has 0 bridgehead atoms. The first-order chi connectivity index (χ1) is 9.81. The van der Waals surface area contributed by atoms with E-state index in [2.05, 4.69) is 10.3 Å². The smallest absolute Gasteiger partial charge is 0.224 e. The fraction of sp³-hybridized carbons (Fsp3) is 0.0625. The minimum absolute atomic E-state index is 0.540. The quantitative estimate of drug-likeness (QED) is 0.644. The number of benzene rings is 2. The van der Waals surface area contributed by atoms with Gasteiger partial charge in [-0.2, -0.15) is 0 Å². The molecule has 1 aliphatic heterocycles. The first-order valence-electron chi connectivity index (χ1n) is 6.37. The summed E-state index contributed by atoms with van der Waals surface area (Å²) in [5.74, 6) is 1.84. The van der Waals surface area contributed by atoms with Gasteiger partial charge in [0.2, 0.25) is 5.89 Å². The highest BCUT2D eigenvalue weighted by molar-refractivity contribution is 5.79. The Morgan fingerprint density at radius 2 is 1.85 bits per heavy atom. The van der Waals surface area contributed by atoms with Crippen LogP contribution in [0.15, 0.2) is 58.8 Å². The molecule has 1 aliphatic rings. The maximum Gasteiger partial charge on any atom is 0.224 e. The number of hydrogen-bond donors (Lipinski definition) is 0. The van der Waals surface area contributed by atoms with Crippen LogP contribution < -0.4 is 4.74 Å². The molecule has 2 aromatic carbocycles. The Bertz CT molecular complexity index is 773. The van der Waals surface area contributed by atoms with E-state index >= 15 is 0 Å². The number of aromatic nitrogens is 1. The Labute approximate surface area is 115 Å². The number of rotatable bonds is 1. The van der Waals surface area contributed by atoms with Crippen LogP contribution in [0.5, 0.6) is 5.75 Å². The highest BCUT2D eigenvalue weighted by Gasteiger charge is 2.13. The molecule has 0 radical (unpaired) electrons. The summed E-state index contributed by atoms with van der Waals surface area (Å²) < 4.78 is 11.5. The van der Waals surface area contributed by atoms with E-state index in [1.54, 1.807) is 0 Å². The van der Waals surface area contributed by atoms with Gasteiger partial charge in [-0.15, -0.1) is 0 Å². The van der Waals surface area contributed by atoms with Gasteiger partial charge in [0.25, 0.3) is 0 Å². The molecular formula is C16H11N2O2-. The van der Waals surface area contributed by atoms with Crippen LogP contribution in [0, 0.1) is 0 Å².